The van der Waals surface area contributed by atoms with Crippen molar-refractivity contribution < 1.29 is 9.53 Å². The van der Waals surface area contributed by atoms with Gasteiger partial charge in [0, 0.05) is 11.3 Å². The molecule has 1 aliphatic heterocycles. The third kappa shape index (κ3) is 1.20. The van der Waals surface area contributed by atoms with Crippen LogP contribution in [0.25, 0.3) is 0 Å². The number of rotatable bonds is 0. The fourth-order valence-electron chi connectivity index (χ4n) is 1.25. The Morgan fingerprint density at radius 3 is 3.08 bits per heavy atom. The molecule has 0 radical (unpaired) electrons. The van der Waals surface area contributed by atoms with Crippen molar-refractivity contribution in [3.63, 3.8) is 0 Å². The van der Waals surface area contributed by atoms with E-state index in [0.717, 1.165) is 4.90 Å². The van der Waals surface area contributed by atoms with Crippen molar-refractivity contribution >= 4 is 18.4 Å². The van der Waals surface area contributed by atoms with Gasteiger partial charge in [0.1, 0.15) is 5.75 Å². The maximum Gasteiger partial charge on any atom is 0.169 e. The third-order valence-electron chi connectivity index (χ3n) is 1.85. The van der Waals surface area contributed by atoms with Gasteiger partial charge < -0.3 is 4.74 Å². The molecule has 2 nitrogen and oxygen atoms in total. The summed E-state index contributed by atoms with van der Waals surface area (Å²) >= 11 is 4.16. The highest BCUT2D eigenvalue weighted by Gasteiger charge is 2.17. The minimum absolute atomic E-state index is 0.157. The molecule has 0 bridgehead atoms. The van der Waals surface area contributed by atoms with Crippen molar-refractivity contribution in [2.24, 2.45) is 0 Å². The number of carbonyl (C=O) groups excluding carboxylic acids is 1. The second kappa shape index (κ2) is 2.83. The van der Waals surface area contributed by atoms with Crippen LogP contribution in [0.5, 0.6) is 5.75 Å². The van der Waals surface area contributed by atoms with E-state index in [-0.39, 0.29) is 5.78 Å². The van der Waals surface area contributed by atoms with Crippen LogP contribution in [0.1, 0.15) is 16.8 Å². The fourth-order valence-corrected chi connectivity index (χ4v) is 1.44. The summed E-state index contributed by atoms with van der Waals surface area (Å²) in [6, 6.07) is 5.34. The Labute approximate surface area is 76.0 Å². The number of Topliss-reactive ketones (excluding diaryl/α,β-unsaturated/α-hetero) is 1. The summed E-state index contributed by atoms with van der Waals surface area (Å²) in [6.45, 7) is 0.489. The molecule has 0 atom stereocenters. The van der Waals surface area contributed by atoms with Gasteiger partial charge in [0.2, 0.25) is 0 Å². The lowest BCUT2D eigenvalue weighted by Gasteiger charge is -2.15. The Hall–Kier alpha value is -0.960. The van der Waals surface area contributed by atoms with Crippen LogP contribution in [0.4, 0.5) is 0 Å². The highest BCUT2D eigenvalue weighted by atomic mass is 32.1. The predicted octanol–water partition coefficient (Wildman–Crippen LogP) is 1.94. The Morgan fingerprint density at radius 1 is 1.42 bits per heavy atom. The van der Waals surface area contributed by atoms with Gasteiger partial charge in [-0.15, -0.1) is 12.6 Å². The first kappa shape index (κ1) is 7.68. The second-order valence-electron chi connectivity index (χ2n) is 2.70. The van der Waals surface area contributed by atoms with E-state index in [0.29, 0.717) is 24.3 Å². The van der Waals surface area contributed by atoms with Gasteiger partial charge in [0.25, 0.3) is 0 Å². The molecular formula is C9H8O2S. The van der Waals surface area contributed by atoms with Gasteiger partial charge in [-0.25, -0.2) is 0 Å². The first-order chi connectivity index (χ1) is 5.77. The molecular weight excluding hydrogens is 172 g/mol. The van der Waals surface area contributed by atoms with Crippen LogP contribution in [0.2, 0.25) is 0 Å². The van der Waals surface area contributed by atoms with E-state index in [2.05, 4.69) is 12.6 Å². The largest absolute Gasteiger partial charge is 0.492 e. The number of thiol groups is 1. The van der Waals surface area contributed by atoms with E-state index in [1.54, 1.807) is 18.2 Å². The lowest BCUT2D eigenvalue weighted by molar-refractivity contribution is 0.0933. The lowest BCUT2D eigenvalue weighted by atomic mass is 10.1. The van der Waals surface area contributed by atoms with Crippen molar-refractivity contribution in [2.75, 3.05) is 6.61 Å². The number of benzene rings is 1. The molecule has 12 heavy (non-hydrogen) atoms. The topological polar surface area (TPSA) is 26.3 Å². The first-order valence-corrected chi connectivity index (χ1v) is 4.21. The first-order valence-electron chi connectivity index (χ1n) is 3.76. The molecule has 0 aromatic heterocycles. The quantitative estimate of drug-likeness (QED) is 0.617. The second-order valence-corrected chi connectivity index (χ2v) is 3.22. The molecule has 62 valence electrons. The smallest absolute Gasteiger partial charge is 0.169 e. The van der Waals surface area contributed by atoms with E-state index < -0.39 is 0 Å². The summed E-state index contributed by atoms with van der Waals surface area (Å²) in [5.41, 5.74) is 0.680. The maximum atomic E-state index is 11.3. The van der Waals surface area contributed by atoms with Crippen LogP contribution >= 0.6 is 12.6 Å². The molecule has 0 N–H and O–H groups in total. The van der Waals surface area contributed by atoms with Crippen LogP contribution in [-0.2, 0) is 0 Å². The lowest BCUT2D eigenvalue weighted by Crippen LogP contribution is -2.14. The molecule has 2 rings (SSSR count). The fraction of sp³-hybridized carbons (Fsp3) is 0.222. The van der Waals surface area contributed by atoms with Gasteiger partial charge >= 0.3 is 0 Å². The Bertz CT molecular complexity index is 333. The number of hydrogen-bond acceptors (Lipinski definition) is 3. The van der Waals surface area contributed by atoms with Crippen LogP contribution in [-0.4, -0.2) is 12.4 Å². The van der Waals surface area contributed by atoms with Crippen LogP contribution in [0.15, 0.2) is 23.1 Å². The van der Waals surface area contributed by atoms with Gasteiger partial charge in [-0.05, 0) is 18.2 Å². The molecule has 1 aliphatic rings. The van der Waals surface area contributed by atoms with Crippen molar-refractivity contribution in [3.05, 3.63) is 23.8 Å². The SMILES string of the molecule is O=C1CCOc2cc(S)ccc21. The highest BCUT2D eigenvalue weighted by Crippen LogP contribution is 2.26. The average molecular weight is 180 g/mol. The number of hydrogen-bond donors (Lipinski definition) is 1. The summed E-state index contributed by atoms with van der Waals surface area (Å²) in [6.07, 6.45) is 0.485. The highest BCUT2D eigenvalue weighted by molar-refractivity contribution is 7.80. The zero-order valence-corrected chi connectivity index (χ0v) is 7.30. The standard InChI is InChI=1S/C9H8O2S/c10-8-3-4-11-9-5-6(12)1-2-7(8)9/h1-2,5,12H,3-4H2. The zero-order chi connectivity index (χ0) is 8.55. The molecule has 0 saturated heterocycles. The molecule has 3 heteroatoms. The van der Waals surface area contributed by atoms with Crippen molar-refractivity contribution in [3.8, 4) is 5.75 Å². The van der Waals surface area contributed by atoms with Crippen LogP contribution in [0.3, 0.4) is 0 Å². The zero-order valence-electron chi connectivity index (χ0n) is 6.41. The van der Waals surface area contributed by atoms with Crippen LogP contribution in [0, 0.1) is 0 Å². The van der Waals surface area contributed by atoms with Crippen LogP contribution < -0.4 is 4.74 Å². The molecule has 0 spiro atoms. The van der Waals surface area contributed by atoms with Crippen molar-refractivity contribution in [2.45, 2.75) is 11.3 Å². The molecule has 1 aromatic rings. The summed E-state index contributed by atoms with van der Waals surface area (Å²) in [4.78, 5) is 12.1. The van der Waals surface area contributed by atoms with E-state index in [9.17, 15) is 4.79 Å². The van der Waals surface area contributed by atoms with Gasteiger partial charge in [-0.3, -0.25) is 4.79 Å². The minimum Gasteiger partial charge on any atom is -0.492 e. The van der Waals surface area contributed by atoms with E-state index >= 15 is 0 Å². The molecule has 0 unspecified atom stereocenters. The minimum atomic E-state index is 0.157. The molecule has 1 aromatic carbocycles. The van der Waals surface area contributed by atoms with Gasteiger partial charge in [-0.1, -0.05) is 0 Å². The Kier molecular flexibility index (Phi) is 1.81. The Balaban J connectivity index is 2.53. The average Bonchev–Trinajstić information content (AvgIpc) is 2.04. The van der Waals surface area contributed by atoms with Gasteiger partial charge in [0.05, 0.1) is 12.2 Å². The molecule has 1 heterocycles. The Morgan fingerprint density at radius 2 is 2.25 bits per heavy atom. The van der Waals surface area contributed by atoms with Gasteiger partial charge in [-0.2, -0.15) is 0 Å². The monoisotopic (exact) mass is 180 g/mol. The van der Waals surface area contributed by atoms with Crippen molar-refractivity contribution in [1.82, 2.24) is 0 Å². The predicted molar refractivity (Wildman–Crippen MR) is 48.1 cm³/mol. The normalized spacial score (nSPS) is 15.2. The number of carbonyl (C=O) groups is 1. The van der Waals surface area contributed by atoms with E-state index in [1.165, 1.54) is 0 Å². The van der Waals surface area contributed by atoms with Gasteiger partial charge in [0.15, 0.2) is 5.78 Å². The summed E-state index contributed by atoms with van der Waals surface area (Å²) in [5, 5.41) is 0. The molecule has 0 aliphatic carbocycles. The van der Waals surface area contributed by atoms with Crippen molar-refractivity contribution in [1.29, 1.82) is 0 Å². The van der Waals surface area contributed by atoms with E-state index in [1.807, 2.05) is 0 Å². The summed E-state index contributed by atoms with van der Waals surface area (Å²) < 4.78 is 5.30. The third-order valence-corrected chi connectivity index (χ3v) is 2.13. The number of fused-ring (bicyclic) bond motifs is 1. The maximum absolute atomic E-state index is 11.3. The summed E-state index contributed by atoms with van der Waals surface area (Å²) in [5.74, 6) is 0.823. The molecule has 0 fully saturated rings. The molecule has 0 amide bonds. The summed E-state index contributed by atoms with van der Waals surface area (Å²) in [7, 11) is 0. The number of ketones is 1. The molecule has 0 saturated carbocycles. The number of ether oxygens (including phenoxy) is 1. The van der Waals surface area contributed by atoms with E-state index in [4.69, 9.17) is 4.74 Å².